The van der Waals surface area contributed by atoms with Crippen molar-refractivity contribution in [2.45, 2.75) is 6.61 Å². The predicted molar refractivity (Wildman–Crippen MR) is 101 cm³/mol. The number of amides is 2. The summed E-state index contributed by atoms with van der Waals surface area (Å²) < 4.78 is 41.9. The predicted octanol–water partition coefficient (Wildman–Crippen LogP) is 2.16. The van der Waals surface area contributed by atoms with Crippen molar-refractivity contribution in [1.29, 1.82) is 0 Å². The molecule has 2 amide bonds. The Kier molecular flexibility index (Phi) is 7.06. The van der Waals surface area contributed by atoms with Crippen LogP contribution in [0.1, 0.15) is 0 Å². The summed E-state index contributed by atoms with van der Waals surface area (Å²) in [5, 5.41) is 5.14. The van der Waals surface area contributed by atoms with Gasteiger partial charge in [-0.15, -0.1) is 0 Å². The molecular formula is C18H21F3N6O2. The second-order valence-corrected chi connectivity index (χ2v) is 6.28. The molecule has 8 nitrogen and oxygen atoms in total. The van der Waals surface area contributed by atoms with Gasteiger partial charge in [0, 0.05) is 63.4 Å². The van der Waals surface area contributed by atoms with E-state index < -0.39 is 24.2 Å². The molecule has 0 spiro atoms. The number of rotatable bonds is 7. The Balaban J connectivity index is 1.37. The molecule has 156 valence electrons. The standard InChI is InChI=1S/C18H21F3N6O2/c19-14-12-13(2-3-15(14)29-16(20)21)25-18(28)24-6-7-26-8-10-27(11-9-26)17-22-4-1-5-23-17/h1-5,12,16H,6-11H2,(H2,24,25,28). The summed E-state index contributed by atoms with van der Waals surface area (Å²) in [6.07, 6.45) is 3.42. The van der Waals surface area contributed by atoms with E-state index in [1.807, 2.05) is 0 Å². The summed E-state index contributed by atoms with van der Waals surface area (Å²) >= 11 is 0. The maximum absolute atomic E-state index is 13.7. The van der Waals surface area contributed by atoms with Crippen LogP contribution in [-0.2, 0) is 0 Å². The lowest BCUT2D eigenvalue weighted by Gasteiger charge is -2.34. The molecule has 1 fully saturated rings. The third kappa shape index (κ3) is 6.21. The van der Waals surface area contributed by atoms with Gasteiger partial charge >= 0.3 is 12.6 Å². The molecule has 0 atom stereocenters. The minimum Gasteiger partial charge on any atom is -0.432 e. The third-order valence-electron chi connectivity index (χ3n) is 4.33. The van der Waals surface area contributed by atoms with Crippen LogP contribution in [0.4, 0.5) is 29.6 Å². The van der Waals surface area contributed by atoms with Gasteiger partial charge in [0.15, 0.2) is 11.6 Å². The second kappa shape index (κ2) is 9.92. The highest BCUT2D eigenvalue weighted by Gasteiger charge is 2.18. The van der Waals surface area contributed by atoms with Crippen LogP contribution in [0.5, 0.6) is 5.75 Å². The van der Waals surface area contributed by atoms with Gasteiger partial charge in [0.2, 0.25) is 5.95 Å². The molecule has 29 heavy (non-hydrogen) atoms. The fraction of sp³-hybridized carbons (Fsp3) is 0.389. The van der Waals surface area contributed by atoms with Crippen LogP contribution in [-0.4, -0.2) is 66.8 Å². The first-order valence-electron chi connectivity index (χ1n) is 9.05. The van der Waals surface area contributed by atoms with Crippen molar-refractivity contribution in [2.75, 3.05) is 49.5 Å². The number of piperazine rings is 1. The van der Waals surface area contributed by atoms with Crippen molar-refractivity contribution >= 4 is 17.7 Å². The summed E-state index contributed by atoms with van der Waals surface area (Å²) in [5.41, 5.74) is 0.137. The molecule has 0 radical (unpaired) electrons. The lowest BCUT2D eigenvalue weighted by Crippen LogP contribution is -2.49. The topological polar surface area (TPSA) is 82.6 Å². The van der Waals surface area contributed by atoms with E-state index in [4.69, 9.17) is 0 Å². The van der Waals surface area contributed by atoms with E-state index in [2.05, 4.69) is 35.1 Å². The zero-order chi connectivity index (χ0) is 20.6. The van der Waals surface area contributed by atoms with Gasteiger partial charge in [0.25, 0.3) is 0 Å². The van der Waals surface area contributed by atoms with Crippen LogP contribution in [0.3, 0.4) is 0 Å². The van der Waals surface area contributed by atoms with Crippen molar-refractivity contribution in [3.63, 3.8) is 0 Å². The first-order valence-corrected chi connectivity index (χ1v) is 9.05. The summed E-state index contributed by atoms with van der Waals surface area (Å²) in [4.78, 5) is 24.7. The summed E-state index contributed by atoms with van der Waals surface area (Å²) in [5.74, 6) is -0.851. The first-order chi connectivity index (χ1) is 14.0. The highest BCUT2D eigenvalue weighted by molar-refractivity contribution is 5.89. The van der Waals surface area contributed by atoms with Gasteiger partial charge in [-0.1, -0.05) is 0 Å². The van der Waals surface area contributed by atoms with Crippen molar-refractivity contribution in [2.24, 2.45) is 0 Å². The van der Waals surface area contributed by atoms with E-state index in [-0.39, 0.29) is 5.69 Å². The Morgan fingerprint density at radius 1 is 1.17 bits per heavy atom. The molecular weight excluding hydrogens is 389 g/mol. The van der Waals surface area contributed by atoms with Crippen LogP contribution in [0, 0.1) is 5.82 Å². The van der Waals surface area contributed by atoms with E-state index in [0.29, 0.717) is 19.0 Å². The lowest BCUT2D eigenvalue weighted by molar-refractivity contribution is -0.0521. The Bertz CT molecular complexity index is 803. The molecule has 3 rings (SSSR count). The van der Waals surface area contributed by atoms with Crippen LogP contribution in [0.2, 0.25) is 0 Å². The zero-order valence-corrected chi connectivity index (χ0v) is 15.5. The summed E-state index contributed by atoms with van der Waals surface area (Å²) in [7, 11) is 0. The molecule has 1 aliphatic rings. The minimum absolute atomic E-state index is 0.137. The van der Waals surface area contributed by atoms with E-state index in [1.54, 1.807) is 18.5 Å². The van der Waals surface area contributed by atoms with Gasteiger partial charge in [0.05, 0.1) is 0 Å². The van der Waals surface area contributed by atoms with Crippen molar-refractivity contribution < 1.29 is 22.7 Å². The van der Waals surface area contributed by atoms with Crippen LogP contribution < -0.4 is 20.3 Å². The van der Waals surface area contributed by atoms with Crippen LogP contribution >= 0.6 is 0 Å². The molecule has 2 aromatic rings. The number of carbonyl (C=O) groups excluding carboxylic acids is 1. The fourth-order valence-corrected chi connectivity index (χ4v) is 2.90. The Morgan fingerprint density at radius 3 is 2.55 bits per heavy atom. The Hall–Kier alpha value is -3.08. The largest absolute Gasteiger partial charge is 0.432 e. The fourth-order valence-electron chi connectivity index (χ4n) is 2.90. The van der Waals surface area contributed by atoms with Gasteiger partial charge < -0.3 is 20.3 Å². The molecule has 2 heterocycles. The van der Waals surface area contributed by atoms with Crippen molar-refractivity contribution in [3.05, 3.63) is 42.5 Å². The maximum Gasteiger partial charge on any atom is 0.387 e. The van der Waals surface area contributed by atoms with E-state index in [9.17, 15) is 18.0 Å². The molecule has 1 aliphatic heterocycles. The normalized spacial score (nSPS) is 14.7. The van der Waals surface area contributed by atoms with Crippen LogP contribution in [0.15, 0.2) is 36.7 Å². The number of nitrogens with zero attached hydrogens (tertiary/aromatic N) is 4. The average molecular weight is 410 g/mol. The number of nitrogens with one attached hydrogen (secondary N) is 2. The molecule has 0 aliphatic carbocycles. The molecule has 0 unspecified atom stereocenters. The van der Waals surface area contributed by atoms with E-state index >= 15 is 0 Å². The van der Waals surface area contributed by atoms with Crippen LogP contribution in [0.25, 0.3) is 0 Å². The molecule has 0 saturated carbocycles. The van der Waals surface area contributed by atoms with E-state index in [1.165, 1.54) is 6.07 Å². The number of alkyl halides is 2. The van der Waals surface area contributed by atoms with Gasteiger partial charge in [0.1, 0.15) is 0 Å². The number of hydrogen-bond acceptors (Lipinski definition) is 6. The van der Waals surface area contributed by atoms with Crippen molar-refractivity contribution in [3.8, 4) is 5.75 Å². The van der Waals surface area contributed by atoms with Gasteiger partial charge in [-0.05, 0) is 18.2 Å². The van der Waals surface area contributed by atoms with Gasteiger partial charge in [-0.3, -0.25) is 4.90 Å². The average Bonchev–Trinajstić information content (AvgIpc) is 2.71. The Labute approximate surface area is 165 Å². The molecule has 1 aromatic heterocycles. The second-order valence-electron chi connectivity index (χ2n) is 6.28. The SMILES string of the molecule is O=C(NCCN1CCN(c2ncccn2)CC1)Nc1ccc(OC(F)F)c(F)c1. The number of ether oxygens (including phenoxy) is 1. The number of carbonyl (C=O) groups is 1. The number of benzene rings is 1. The van der Waals surface area contributed by atoms with Crippen molar-refractivity contribution in [1.82, 2.24) is 20.2 Å². The Morgan fingerprint density at radius 2 is 1.90 bits per heavy atom. The highest BCUT2D eigenvalue weighted by Crippen LogP contribution is 2.22. The molecule has 2 N–H and O–H groups in total. The highest BCUT2D eigenvalue weighted by atomic mass is 19.3. The van der Waals surface area contributed by atoms with Gasteiger partial charge in [-0.2, -0.15) is 8.78 Å². The summed E-state index contributed by atoms with van der Waals surface area (Å²) in [6, 6.07) is 4.50. The number of halogens is 3. The lowest BCUT2D eigenvalue weighted by atomic mass is 10.3. The molecule has 1 saturated heterocycles. The number of hydrogen-bond donors (Lipinski definition) is 2. The van der Waals surface area contributed by atoms with E-state index in [0.717, 1.165) is 38.3 Å². The monoisotopic (exact) mass is 410 g/mol. The number of aromatic nitrogens is 2. The minimum atomic E-state index is -3.12. The quantitative estimate of drug-likeness (QED) is 0.728. The first kappa shape index (κ1) is 20.6. The zero-order valence-electron chi connectivity index (χ0n) is 15.5. The smallest absolute Gasteiger partial charge is 0.387 e. The molecule has 11 heteroatoms. The number of anilines is 2. The molecule has 1 aromatic carbocycles. The third-order valence-corrected chi connectivity index (χ3v) is 4.33. The van der Waals surface area contributed by atoms with Gasteiger partial charge in [-0.25, -0.2) is 19.2 Å². The maximum atomic E-state index is 13.7. The molecule has 0 bridgehead atoms. The number of urea groups is 1. The summed E-state index contributed by atoms with van der Waals surface area (Å²) in [6.45, 7) is 1.17.